The Balaban J connectivity index is 2.17. The maximum atomic E-state index is 13.2. The lowest BCUT2D eigenvalue weighted by Gasteiger charge is -2.03. The number of aromatic nitrogens is 2. The third-order valence-corrected chi connectivity index (χ3v) is 2.23. The number of hydrogen-bond donors (Lipinski definition) is 2. The SMILES string of the molecule is Cn1cc(NC(=O)c2ccc(N)c(F)c2)cn1. The minimum absolute atomic E-state index is 0.0166. The molecular weight excluding hydrogens is 223 g/mol. The van der Waals surface area contributed by atoms with E-state index in [-0.39, 0.29) is 11.3 Å². The highest BCUT2D eigenvalue weighted by Gasteiger charge is 2.09. The third kappa shape index (κ3) is 2.41. The highest BCUT2D eigenvalue weighted by molar-refractivity contribution is 6.04. The van der Waals surface area contributed by atoms with Gasteiger partial charge in [0, 0.05) is 18.8 Å². The molecule has 5 nitrogen and oxygen atoms in total. The number of nitrogens with zero attached hydrogens (tertiary/aromatic N) is 2. The van der Waals surface area contributed by atoms with Crippen LogP contribution in [0.4, 0.5) is 15.8 Å². The Morgan fingerprint density at radius 3 is 2.88 bits per heavy atom. The number of benzene rings is 1. The van der Waals surface area contributed by atoms with Gasteiger partial charge in [0.25, 0.3) is 5.91 Å². The van der Waals surface area contributed by atoms with Gasteiger partial charge in [-0.05, 0) is 18.2 Å². The summed E-state index contributed by atoms with van der Waals surface area (Å²) in [6.45, 7) is 0. The molecule has 1 amide bonds. The van der Waals surface area contributed by atoms with Crippen LogP contribution in [0.5, 0.6) is 0 Å². The molecule has 0 bridgehead atoms. The van der Waals surface area contributed by atoms with E-state index in [4.69, 9.17) is 5.73 Å². The number of carbonyl (C=O) groups excluding carboxylic acids is 1. The van der Waals surface area contributed by atoms with Crippen LogP contribution in [0.15, 0.2) is 30.6 Å². The van der Waals surface area contributed by atoms with E-state index < -0.39 is 11.7 Å². The second-order valence-electron chi connectivity index (χ2n) is 3.59. The van der Waals surface area contributed by atoms with Crippen molar-refractivity contribution in [2.24, 2.45) is 7.05 Å². The molecule has 0 fully saturated rings. The van der Waals surface area contributed by atoms with Crippen LogP contribution in [-0.2, 0) is 7.05 Å². The van der Waals surface area contributed by atoms with E-state index in [1.807, 2.05) is 0 Å². The van der Waals surface area contributed by atoms with Gasteiger partial charge in [0.05, 0.1) is 17.6 Å². The van der Waals surface area contributed by atoms with E-state index >= 15 is 0 Å². The normalized spacial score (nSPS) is 10.2. The van der Waals surface area contributed by atoms with E-state index in [0.29, 0.717) is 5.69 Å². The van der Waals surface area contributed by atoms with Crippen molar-refractivity contribution in [3.05, 3.63) is 42.0 Å². The summed E-state index contributed by atoms with van der Waals surface area (Å²) in [5, 5.41) is 6.50. The fraction of sp³-hybridized carbons (Fsp3) is 0.0909. The van der Waals surface area contributed by atoms with Gasteiger partial charge in [-0.3, -0.25) is 9.48 Å². The van der Waals surface area contributed by atoms with E-state index in [0.717, 1.165) is 6.07 Å². The van der Waals surface area contributed by atoms with Crippen molar-refractivity contribution in [3.8, 4) is 0 Å². The number of nitrogens with one attached hydrogen (secondary N) is 1. The molecule has 2 rings (SSSR count). The van der Waals surface area contributed by atoms with Crippen molar-refractivity contribution in [2.75, 3.05) is 11.1 Å². The van der Waals surface area contributed by atoms with Gasteiger partial charge in [-0.2, -0.15) is 5.10 Å². The molecule has 0 saturated heterocycles. The smallest absolute Gasteiger partial charge is 0.255 e. The lowest BCUT2D eigenvalue weighted by atomic mass is 10.2. The molecule has 3 N–H and O–H groups in total. The Hall–Kier alpha value is -2.37. The molecule has 1 aromatic carbocycles. The van der Waals surface area contributed by atoms with Crippen molar-refractivity contribution >= 4 is 17.3 Å². The van der Waals surface area contributed by atoms with Crippen LogP contribution in [0.2, 0.25) is 0 Å². The quantitative estimate of drug-likeness (QED) is 0.771. The Labute approximate surface area is 97.0 Å². The highest BCUT2D eigenvalue weighted by Crippen LogP contribution is 2.13. The number of rotatable bonds is 2. The Kier molecular flexibility index (Phi) is 2.78. The number of nitrogens with two attached hydrogens (primary N) is 1. The zero-order valence-electron chi connectivity index (χ0n) is 9.14. The summed E-state index contributed by atoms with van der Waals surface area (Å²) >= 11 is 0. The Morgan fingerprint density at radius 1 is 1.53 bits per heavy atom. The summed E-state index contributed by atoms with van der Waals surface area (Å²) in [4.78, 5) is 11.7. The summed E-state index contributed by atoms with van der Waals surface area (Å²) in [5.41, 5.74) is 6.10. The van der Waals surface area contributed by atoms with E-state index in [2.05, 4.69) is 10.4 Å². The van der Waals surface area contributed by atoms with Crippen LogP contribution >= 0.6 is 0 Å². The monoisotopic (exact) mass is 234 g/mol. The molecular formula is C11H11FN4O. The highest BCUT2D eigenvalue weighted by atomic mass is 19.1. The molecule has 17 heavy (non-hydrogen) atoms. The van der Waals surface area contributed by atoms with Gasteiger partial charge < -0.3 is 11.1 Å². The average molecular weight is 234 g/mol. The molecule has 0 radical (unpaired) electrons. The fourth-order valence-electron chi connectivity index (χ4n) is 1.36. The number of amides is 1. The first kappa shape index (κ1) is 11.1. The lowest BCUT2D eigenvalue weighted by molar-refractivity contribution is 0.102. The number of aryl methyl sites for hydroxylation is 1. The first-order valence-electron chi connectivity index (χ1n) is 4.91. The van der Waals surface area contributed by atoms with Gasteiger partial charge in [-0.15, -0.1) is 0 Å². The van der Waals surface area contributed by atoms with E-state index in [9.17, 15) is 9.18 Å². The minimum atomic E-state index is -0.608. The summed E-state index contributed by atoms with van der Waals surface area (Å²) in [5.74, 6) is -1.01. The van der Waals surface area contributed by atoms with E-state index in [1.54, 1.807) is 17.9 Å². The molecule has 0 aliphatic carbocycles. The van der Waals surface area contributed by atoms with Crippen LogP contribution in [0.3, 0.4) is 0 Å². The standard InChI is InChI=1S/C11H11FN4O/c1-16-6-8(5-14-16)15-11(17)7-2-3-10(13)9(12)4-7/h2-6H,13H2,1H3,(H,15,17). The molecule has 1 aromatic heterocycles. The van der Waals surface area contributed by atoms with Gasteiger partial charge in [0.15, 0.2) is 0 Å². The Bertz CT molecular complexity index is 564. The zero-order chi connectivity index (χ0) is 12.4. The molecule has 0 unspecified atom stereocenters. The topological polar surface area (TPSA) is 72.9 Å². The van der Waals surface area contributed by atoms with Crippen molar-refractivity contribution in [1.29, 1.82) is 0 Å². The molecule has 0 saturated carbocycles. The van der Waals surface area contributed by atoms with Gasteiger partial charge in [-0.1, -0.05) is 0 Å². The summed E-state index contributed by atoms with van der Waals surface area (Å²) in [6.07, 6.45) is 3.15. The number of nitrogen functional groups attached to an aromatic ring is 1. The van der Waals surface area contributed by atoms with Gasteiger partial charge in [-0.25, -0.2) is 4.39 Å². The van der Waals surface area contributed by atoms with Crippen molar-refractivity contribution in [1.82, 2.24) is 9.78 Å². The molecule has 2 aromatic rings. The first-order chi connectivity index (χ1) is 8.06. The molecule has 6 heteroatoms. The molecule has 0 aliphatic heterocycles. The maximum Gasteiger partial charge on any atom is 0.255 e. The van der Waals surface area contributed by atoms with Crippen LogP contribution in [0.1, 0.15) is 10.4 Å². The zero-order valence-corrected chi connectivity index (χ0v) is 9.14. The predicted molar refractivity (Wildman–Crippen MR) is 62.0 cm³/mol. The predicted octanol–water partition coefficient (Wildman–Crippen LogP) is 1.39. The maximum absolute atomic E-state index is 13.2. The van der Waals surface area contributed by atoms with Gasteiger partial charge in [0.2, 0.25) is 0 Å². The average Bonchev–Trinajstić information content (AvgIpc) is 2.68. The van der Waals surface area contributed by atoms with Crippen LogP contribution < -0.4 is 11.1 Å². The molecule has 0 spiro atoms. The Morgan fingerprint density at radius 2 is 2.29 bits per heavy atom. The van der Waals surface area contributed by atoms with Crippen molar-refractivity contribution < 1.29 is 9.18 Å². The fourth-order valence-corrected chi connectivity index (χ4v) is 1.36. The lowest BCUT2D eigenvalue weighted by Crippen LogP contribution is -2.12. The minimum Gasteiger partial charge on any atom is -0.396 e. The van der Waals surface area contributed by atoms with Crippen molar-refractivity contribution in [3.63, 3.8) is 0 Å². The third-order valence-electron chi connectivity index (χ3n) is 2.23. The number of halogens is 1. The first-order valence-corrected chi connectivity index (χ1v) is 4.91. The largest absolute Gasteiger partial charge is 0.396 e. The summed E-state index contributed by atoms with van der Waals surface area (Å²) < 4.78 is 14.7. The number of hydrogen-bond acceptors (Lipinski definition) is 3. The molecule has 1 heterocycles. The van der Waals surface area contributed by atoms with E-state index in [1.165, 1.54) is 18.3 Å². The van der Waals surface area contributed by atoms with Crippen LogP contribution in [0, 0.1) is 5.82 Å². The van der Waals surface area contributed by atoms with Gasteiger partial charge >= 0.3 is 0 Å². The second kappa shape index (κ2) is 4.25. The molecule has 0 atom stereocenters. The van der Waals surface area contributed by atoms with Gasteiger partial charge in [0.1, 0.15) is 5.82 Å². The number of anilines is 2. The second-order valence-corrected chi connectivity index (χ2v) is 3.59. The summed E-state index contributed by atoms with van der Waals surface area (Å²) in [6, 6.07) is 3.92. The van der Waals surface area contributed by atoms with Crippen LogP contribution in [0.25, 0.3) is 0 Å². The molecule has 0 aliphatic rings. The molecule has 88 valence electrons. The summed E-state index contributed by atoms with van der Waals surface area (Å²) in [7, 11) is 1.73. The van der Waals surface area contributed by atoms with Crippen LogP contribution in [-0.4, -0.2) is 15.7 Å². The number of carbonyl (C=O) groups is 1. The van der Waals surface area contributed by atoms with Crippen molar-refractivity contribution in [2.45, 2.75) is 0 Å².